The van der Waals surface area contributed by atoms with Gasteiger partial charge in [-0.05, 0) is 68.3 Å². The Labute approximate surface area is 159 Å². The topological polar surface area (TPSA) is 49.8 Å². The third-order valence-corrected chi connectivity index (χ3v) is 4.99. The van der Waals surface area contributed by atoms with E-state index in [2.05, 4.69) is 4.90 Å². The standard InChI is InChI=1S/C21H24ClNO3/c1-2-26-20-12-15(5-10-19(20)24)13-23-11-3-4-17(14-23)21(25)16-6-8-18(22)9-7-16/h5-10,12,17,24H,2-4,11,13-14H2,1H3. The number of hydrogen-bond acceptors (Lipinski definition) is 4. The van der Waals surface area contributed by atoms with E-state index in [4.69, 9.17) is 16.3 Å². The number of likely N-dealkylation sites (tertiary alicyclic amines) is 1. The second-order valence-electron chi connectivity index (χ2n) is 6.68. The Morgan fingerprint density at radius 1 is 1.27 bits per heavy atom. The molecule has 0 saturated carbocycles. The van der Waals surface area contributed by atoms with Crippen LogP contribution in [0, 0.1) is 5.92 Å². The zero-order chi connectivity index (χ0) is 18.5. The van der Waals surface area contributed by atoms with Gasteiger partial charge >= 0.3 is 0 Å². The number of Topliss-reactive ketones (excluding diaryl/α,β-unsaturated/α-hetero) is 1. The summed E-state index contributed by atoms with van der Waals surface area (Å²) in [6, 6.07) is 12.6. The summed E-state index contributed by atoms with van der Waals surface area (Å²) in [4.78, 5) is 15.1. The van der Waals surface area contributed by atoms with E-state index in [0.717, 1.165) is 43.6 Å². The number of ether oxygens (including phenoxy) is 1. The second kappa shape index (κ2) is 8.56. The number of rotatable bonds is 6. The maximum absolute atomic E-state index is 12.8. The summed E-state index contributed by atoms with van der Waals surface area (Å²) in [5.74, 6) is 0.862. The zero-order valence-corrected chi connectivity index (χ0v) is 15.7. The molecule has 0 spiro atoms. The Morgan fingerprint density at radius 2 is 2.04 bits per heavy atom. The van der Waals surface area contributed by atoms with Crippen molar-refractivity contribution in [1.82, 2.24) is 4.90 Å². The minimum absolute atomic E-state index is 0.00778. The zero-order valence-electron chi connectivity index (χ0n) is 15.0. The number of piperidine rings is 1. The van der Waals surface area contributed by atoms with Crippen molar-refractivity contribution in [3.05, 3.63) is 58.6 Å². The number of carbonyl (C=O) groups excluding carboxylic acids is 1. The molecule has 3 rings (SSSR count). The molecule has 1 N–H and O–H groups in total. The Balaban J connectivity index is 1.66. The van der Waals surface area contributed by atoms with Crippen LogP contribution in [0.15, 0.2) is 42.5 Å². The number of ketones is 1. The van der Waals surface area contributed by atoms with E-state index in [0.29, 0.717) is 17.4 Å². The van der Waals surface area contributed by atoms with Crippen LogP contribution in [0.5, 0.6) is 11.5 Å². The summed E-state index contributed by atoms with van der Waals surface area (Å²) in [7, 11) is 0. The predicted molar refractivity (Wildman–Crippen MR) is 103 cm³/mol. The summed E-state index contributed by atoms with van der Waals surface area (Å²) in [6.45, 7) is 4.86. The number of aromatic hydroxyl groups is 1. The van der Waals surface area contributed by atoms with Gasteiger partial charge in [-0.15, -0.1) is 0 Å². The van der Waals surface area contributed by atoms with E-state index in [1.807, 2.05) is 19.1 Å². The van der Waals surface area contributed by atoms with Crippen molar-refractivity contribution < 1.29 is 14.6 Å². The highest BCUT2D eigenvalue weighted by Gasteiger charge is 2.26. The van der Waals surface area contributed by atoms with Crippen LogP contribution in [0.3, 0.4) is 0 Å². The van der Waals surface area contributed by atoms with Crippen LogP contribution < -0.4 is 4.74 Å². The fraction of sp³-hybridized carbons (Fsp3) is 0.381. The van der Waals surface area contributed by atoms with Crippen molar-refractivity contribution in [2.24, 2.45) is 5.92 Å². The summed E-state index contributed by atoms with van der Waals surface area (Å²) in [5, 5.41) is 10.5. The largest absolute Gasteiger partial charge is 0.504 e. The first-order valence-electron chi connectivity index (χ1n) is 9.03. The van der Waals surface area contributed by atoms with Crippen molar-refractivity contribution in [3.63, 3.8) is 0 Å². The number of halogens is 1. The lowest BCUT2D eigenvalue weighted by molar-refractivity contribution is 0.0811. The smallest absolute Gasteiger partial charge is 0.167 e. The maximum atomic E-state index is 12.8. The van der Waals surface area contributed by atoms with Gasteiger partial charge in [-0.3, -0.25) is 9.69 Å². The molecule has 2 aromatic carbocycles. The molecule has 0 radical (unpaired) electrons. The average molecular weight is 374 g/mol. The molecule has 5 heteroatoms. The van der Waals surface area contributed by atoms with Crippen LogP contribution in [0.2, 0.25) is 5.02 Å². The maximum Gasteiger partial charge on any atom is 0.167 e. The first-order valence-corrected chi connectivity index (χ1v) is 9.41. The van der Waals surface area contributed by atoms with Gasteiger partial charge in [0.2, 0.25) is 0 Å². The van der Waals surface area contributed by atoms with Crippen LogP contribution in [0.4, 0.5) is 0 Å². The molecule has 0 aromatic heterocycles. The molecule has 2 aromatic rings. The van der Waals surface area contributed by atoms with Gasteiger partial charge in [-0.1, -0.05) is 17.7 Å². The quantitative estimate of drug-likeness (QED) is 0.755. The lowest BCUT2D eigenvalue weighted by atomic mass is 9.90. The number of carbonyl (C=O) groups is 1. The monoisotopic (exact) mass is 373 g/mol. The molecule has 4 nitrogen and oxygen atoms in total. The van der Waals surface area contributed by atoms with Crippen molar-refractivity contribution in [1.29, 1.82) is 0 Å². The Hall–Kier alpha value is -2.04. The summed E-state index contributed by atoms with van der Waals surface area (Å²) in [6.07, 6.45) is 1.91. The highest BCUT2D eigenvalue weighted by atomic mass is 35.5. The average Bonchev–Trinajstić information content (AvgIpc) is 2.65. The molecule has 1 aliphatic heterocycles. The molecule has 1 saturated heterocycles. The number of nitrogens with zero attached hydrogens (tertiary/aromatic N) is 1. The van der Waals surface area contributed by atoms with Crippen LogP contribution in [0.25, 0.3) is 0 Å². The van der Waals surface area contributed by atoms with Gasteiger partial charge in [0.15, 0.2) is 17.3 Å². The molecule has 1 unspecified atom stereocenters. The van der Waals surface area contributed by atoms with Crippen molar-refractivity contribution in [2.75, 3.05) is 19.7 Å². The van der Waals surface area contributed by atoms with Gasteiger partial charge in [0, 0.05) is 29.6 Å². The van der Waals surface area contributed by atoms with E-state index in [9.17, 15) is 9.90 Å². The van der Waals surface area contributed by atoms with Crippen LogP contribution in [0.1, 0.15) is 35.7 Å². The molecule has 1 heterocycles. The van der Waals surface area contributed by atoms with E-state index in [-0.39, 0.29) is 17.5 Å². The molecule has 26 heavy (non-hydrogen) atoms. The third-order valence-electron chi connectivity index (χ3n) is 4.74. The van der Waals surface area contributed by atoms with E-state index in [1.54, 1.807) is 30.3 Å². The van der Waals surface area contributed by atoms with E-state index < -0.39 is 0 Å². The number of phenolic OH excluding ortho intramolecular Hbond substituents is 1. The van der Waals surface area contributed by atoms with E-state index >= 15 is 0 Å². The number of phenols is 1. The van der Waals surface area contributed by atoms with Crippen LogP contribution in [-0.4, -0.2) is 35.5 Å². The fourth-order valence-electron chi connectivity index (χ4n) is 3.45. The lowest BCUT2D eigenvalue weighted by Crippen LogP contribution is -2.38. The second-order valence-corrected chi connectivity index (χ2v) is 7.12. The fourth-order valence-corrected chi connectivity index (χ4v) is 3.58. The Bertz CT molecular complexity index is 760. The summed E-state index contributed by atoms with van der Waals surface area (Å²) in [5.41, 5.74) is 1.80. The molecule has 0 amide bonds. The SMILES string of the molecule is CCOc1cc(CN2CCCC(C(=O)c3ccc(Cl)cc3)C2)ccc1O. The van der Waals surface area contributed by atoms with Crippen molar-refractivity contribution in [2.45, 2.75) is 26.3 Å². The minimum atomic E-state index is 0.00778. The normalized spacial score (nSPS) is 17.8. The summed E-state index contributed by atoms with van der Waals surface area (Å²) >= 11 is 5.91. The third kappa shape index (κ3) is 4.57. The molecule has 1 atom stereocenters. The van der Waals surface area contributed by atoms with Gasteiger partial charge in [0.25, 0.3) is 0 Å². The molecule has 0 aliphatic carbocycles. The van der Waals surface area contributed by atoms with Crippen LogP contribution in [-0.2, 0) is 6.54 Å². The highest BCUT2D eigenvalue weighted by molar-refractivity contribution is 6.30. The molecule has 1 fully saturated rings. The molecule has 138 valence electrons. The molecular formula is C21H24ClNO3. The summed E-state index contributed by atoms with van der Waals surface area (Å²) < 4.78 is 5.46. The van der Waals surface area contributed by atoms with Crippen molar-refractivity contribution in [3.8, 4) is 11.5 Å². The first kappa shape index (κ1) is 18.7. The lowest BCUT2D eigenvalue weighted by Gasteiger charge is -2.32. The number of benzene rings is 2. The molecule has 1 aliphatic rings. The van der Waals surface area contributed by atoms with Crippen molar-refractivity contribution >= 4 is 17.4 Å². The predicted octanol–water partition coefficient (Wildman–Crippen LogP) is 4.54. The van der Waals surface area contributed by atoms with Gasteiger partial charge < -0.3 is 9.84 Å². The van der Waals surface area contributed by atoms with Gasteiger partial charge in [-0.2, -0.15) is 0 Å². The first-order chi connectivity index (χ1) is 12.6. The van der Waals surface area contributed by atoms with E-state index in [1.165, 1.54) is 0 Å². The molecule has 0 bridgehead atoms. The van der Waals surface area contributed by atoms with Gasteiger partial charge in [-0.25, -0.2) is 0 Å². The highest BCUT2D eigenvalue weighted by Crippen LogP contribution is 2.29. The van der Waals surface area contributed by atoms with Gasteiger partial charge in [0.1, 0.15) is 0 Å². The van der Waals surface area contributed by atoms with Gasteiger partial charge in [0.05, 0.1) is 6.61 Å². The Kier molecular flexibility index (Phi) is 6.17. The Morgan fingerprint density at radius 3 is 2.77 bits per heavy atom. The van der Waals surface area contributed by atoms with Crippen LogP contribution >= 0.6 is 11.6 Å². The number of hydrogen-bond donors (Lipinski definition) is 1. The minimum Gasteiger partial charge on any atom is -0.504 e. The molecular weight excluding hydrogens is 350 g/mol.